The summed E-state index contributed by atoms with van der Waals surface area (Å²) in [5.41, 5.74) is 3.64. The average Bonchev–Trinajstić information content (AvgIpc) is 2.79. The van der Waals surface area contributed by atoms with Crippen LogP contribution in [0.15, 0.2) is 53.6 Å². The number of nitrogens with zero attached hydrogens (tertiary/aromatic N) is 1. The van der Waals surface area contributed by atoms with Gasteiger partial charge in [0.05, 0.1) is 11.6 Å². The van der Waals surface area contributed by atoms with Crippen LogP contribution in [0.4, 0.5) is 0 Å². The van der Waals surface area contributed by atoms with Gasteiger partial charge in [-0.3, -0.25) is 4.90 Å². The van der Waals surface area contributed by atoms with Crippen molar-refractivity contribution in [2.75, 3.05) is 32.8 Å². The van der Waals surface area contributed by atoms with Gasteiger partial charge in [0.25, 0.3) is 0 Å². The van der Waals surface area contributed by atoms with Gasteiger partial charge >= 0.3 is 5.97 Å². The summed E-state index contributed by atoms with van der Waals surface area (Å²) in [6.07, 6.45) is 4.51. The van der Waals surface area contributed by atoms with Crippen molar-refractivity contribution in [2.45, 2.75) is 20.0 Å². The first-order valence-electron chi connectivity index (χ1n) is 10.7. The zero-order chi connectivity index (χ0) is 22.5. The molecule has 0 fully saturated rings. The predicted molar refractivity (Wildman–Crippen MR) is 131 cm³/mol. The van der Waals surface area contributed by atoms with Crippen LogP contribution in [0.5, 0.6) is 17.2 Å². The van der Waals surface area contributed by atoms with E-state index in [1.165, 1.54) is 5.57 Å². The summed E-state index contributed by atoms with van der Waals surface area (Å²) in [6.45, 7) is 5.55. The summed E-state index contributed by atoms with van der Waals surface area (Å²) in [5, 5.41) is 9.66. The van der Waals surface area contributed by atoms with E-state index in [-0.39, 0.29) is 12.4 Å². The van der Waals surface area contributed by atoms with Gasteiger partial charge < -0.3 is 19.3 Å². The van der Waals surface area contributed by atoms with Crippen molar-refractivity contribution in [1.29, 1.82) is 0 Å². The standard InChI is InChI=1S/C25H26ClNO5.ClH/c1-2-30-23-6-3-17(12-22(23)26)15-31-21-5-4-20-11-18(16-32-24(20)13-21)14-27-9-7-19(8-10-27)25(28)29;/h3-7,11-13H,2,8-10,14-16H2,1H3,(H,28,29);1H. The number of hydrogen-bond donors (Lipinski definition) is 1. The minimum atomic E-state index is -0.817. The van der Waals surface area contributed by atoms with E-state index in [1.54, 1.807) is 6.08 Å². The van der Waals surface area contributed by atoms with Gasteiger partial charge in [-0.15, -0.1) is 12.4 Å². The summed E-state index contributed by atoms with van der Waals surface area (Å²) < 4.78 is 17.4. The van der Waals surface area contributed by atoms with Crippen molar-refractivity contribution in [1.82, 2.24) is 4.90 Å². The van der Waals surface area contributed by atoms with E-state index in [0.29, 0.717) is 49.1 Å². The van der Waals surface area contributed by atoms with Gasteiger partial charge in [0.2, 0.25) is 0 Å². The second kappa shape index (κ2) is 11.5. The first kappa shape index (κ1) is 25.0. The quantitative estimate of drug-likeness (QED) is 0.544. The van der Waals surface area contributed by atoms with Crippen LogP contribution in [0, 0.1) is 0 Å². The average molecular weight is 492 g/mol. The molecule has 33 heavy (non-hydrogen) atoms. The predicted octanol–water partition coefficient (Wildman–Crippen LogP) is 5.23. The number of fused-ring (bicyclic) bond motifs is 1. The molecule has 8 heteroatoms. The Morgan fingerprint density at radius 3 is 2.76 bits per heavy atom. The number of carboxylic acid groups (broad SMARTS) is 1. The molecule has 0 spiro atoms. The van der Waals surface area contributed by atoms with Crippen LogP contribution in [-0.2, 0) is 11.4 Å². The fourth-order valence-corrected chi connectivity index (χ4v) is 4.04. The Labute approximate surface area is 204 Å². The molecule has 2 aromatic rings. The van der Waals surface area contributed by atoms with Crippen molar-refractivity contribution in [3.05, 3.63) is 69.8 Å². The molecular weight excluding hydrogens is 465 g/mol. The number of aliphatic carboxylic acids is 1. The monoisotopic (exact) mass is 491 g/mol. The van der Waals surface area contributed by atoms with Crippen molar-refractivity contribution < 1.29 is 24.1 Å². The first-order valence-corrected chi connectivity index (χ1v) is 11.0. The van der Waals surface area contributed by atoms with Gasteiger partial charge in [-0.05, 0) is 54.8 Å². The molecule has 0 aromatic heterocycles. The molecule has 1 N–H and O–H groups in total. The van der Waals surface area contributed by atoms with Gasteiger partial charge in [-0.25, -0.2) is 4.79 Å². The van der Waals surface area contributed by atoms with E-state index in [9.17, 15) is 4.79 Å². The number of halogens is 2. The molecule has 0 unspecified atom stereocenters. The van der Waals surface area contributed by atoms with Crippen LogP contribution in [0.25, 0.3) is 6.08 Å². The van der Waals surface area contributed by atoms with Gasteiger partial charge in [-0.1, -0.05) is 23.7 Å². The zero-order valence-corrected chi connectivity index (χ0v) is 20.0. The number of hydrogen-bond acceptors (Lipinski definition) is 5. The van der Waals surface area contributed by atoms with E-state index in [4.69, 9.17) is 30.9 Å². The number of ether oxygens (including phenoxy) is 3. The summed E-state index contributed by atoms with van der Waals surface area (Å²) in [7, 11) is 0. The summed E-state index contributed by atoms with van der Waals surface area (Å²) >= 11 is 6.25. The van der Waals surface area contributed by atoms with Gasteiger partial charge in [0.1, 0.15) is 30.5 Å². The Balaban J connectivity index is 0.00000306. The maximum Gasteiger partial charge on any atom is 0.331 e. The SMILES string of the molecule is CCOc1ccc(COc2ccc3c(c2)OCC(CN2CC=C(C(=O)O)CC2)=C3)cc1Cl.Cl. The number of rotatable bonds is 8. The van der Waals surface area contributed by atoms with Crippen LogP contribution >= 0.6 is 24.0 Å². The second-order valence-electron chi connectivity index (χ2n) is 7.80. The molecule has 0 atom stereocenters. The fraction of sp³-hybridized carbons (Fsp3) is 0.320. The molecular formula is C25H27Cl2NO5. The second-order valence-corrected chi connectivity index (χ2v) is 8.20. The van der Waals surface area contributed by atoms with E-state index in [1.807, 2.05) is 43.3 Å². The lowest BCUT2D eigenvalue weighted by atomic mass is 10.0. The highest BCUT2D eigenvalue weighted by molar-refractivity contribution is 6.32. The van der Waals surface area contributed by atoms with Crippen molar-refractivity contribution in [3.8, 4) is 17.2 Å². The van der Waals surface area contributed by atoms with Crippen molar-refractivity contribution >= 4 is 36.1 Å². The molecule has 0 saturated carbocycles. The molecule has 2 aliphatic rings. The van der Waals surface area contributed by atoms with Crippen LogP contribution in [0.3, 0.4) is 0 Å². The maximum atomic E-state index is 11.1. The molecule has 0 aliphatic carbocycles. The highest BCUT2D eigenvalue weighted by atomic mass is 35.5. The molecule has 176 valence electrons. The molecule has 2 aromatic carbocycles. The normalized spacial score (nSPS) is 15.3. The Kier molecular flexibility index (Phi) is 8.67. The van der Waals surface area contributed by atoms with E-state index in [0.717, 1.165) is 35.7 Å². The van der Waals surface area contributed by atoms with Crippen molar-refractivity contribution in [3.63, 3.8) is 0 Å². The summed E-state index contributed by atoms with van der Waals surface area (Å²) in [4.78, 5) is 13.3. The summed E-state index contributed by atoms with van der Waals surface area (Å²) in [6, 6.07) is 11.5. The third-order valence-electron chi connectivity index (χ3n) is 5.45. The Morgan fingerprint density at radius 2 is 2.06 bits per heavy atom. The summed E-state index contributed by atoms with van der Waals surface area (Å²) in [5.74, 6) is 1.38. The highest BCUT2D eigenvalue weighted by Gasteiger charge is 2.19. The third kappa shape index (κ3) is 6.44. The van der Waals surface area contributed by atoms with Gasteiger partial charge in [0.15, 0.2) is 0 Å². The highest BCUT2D eigenvalue weighted by Crippen LogP contribution is 2.32. The molecule has 6 nitrogen and oxygen atoms in total. The Hall–Kier alpha value is -2.67. The van der Waals surface area contributed by atoms with E-state index < -0.39 is 5.97 Å². The van der Waals surface area contributed by atoms with Crippen LogP contribution in [0.2, 0.25) is 5.02 Å². The minimum absolute atomic E-state index is 0. The largest absolute Gasteiger partial charge is 0.492 e. The Bertz CT molecular complexity index is 1070. The number of carboxylic acids is 1. The van der Waals surface area contributed by atoms with Crippen molar-refractivity contribution in [2.24, 2.45) is 0 Å². The molecule has 4 rings (SSSR count). The maximum absolute atomic E-state index is 11.1. The lowest BCUT2D eigenvalue weighted by Gasteiger charge is -2.27. The minimum Gasteiger partial charge on any atom is -0.492 e. The lowest BCUT2D eigenvalue weighted by Crippen LogP contribution is -2.33. The van der Waals surface area contributed by atoms with Crippen LogP contribution in [-0.4, -0.2) is 48.8 Å². The smallest absolute Gasteiger partial charge is 0.331 e. The van der Waals surface area contributed by atoms with Crippen LogP contribution < -0.4 is 14.2 Å². The van der Waals surface area contributed by atoms with Crippen LogP contribution in [0.1, 0.15) is 24.5 Å². The number of carbonyl (C=O) groups is 1. The molecule has 0 radical (unpaired) electrons. The van der Waals surface area contributed by atoms with Gasteiger partial charge in [-0.2, -0.15) is 0 Å². The fourth-order valence-electron chi connectivity index (χ4n) is 3.78. The van der Waals surface area contributed by atoms with Gasteiger partial charge in [0, 0.05) is 36.8 Å². The molecule has 0 amide bonds. The lowest BCUT2D eigenvalue weighted by molar-refractivity contribution is -0.133. The Morgan fingerprint density at radius 1 is 1.21 bits per heavy atom. The molecule has 0 bridgehead atoms. The topological polar surface area (TPSA) is 68.2 Å². The number of benzene rings is 2. The molecule has 0 saturated heterocycles. The van der Waals surface area contributed by atoms with E-state index in [2.05, 4.69) is 11.0 Å². The molecule has 2 heterocycles. The zero-order valence-electron chi connectivity index (χ0n) is 18.4. The van der Waals surface area contributed by atoms with E-state index >= 15 is 0 Å². The molecule has 2 aliphatic heterocycles. The third-order valence-corrected chi connectivity index (χ3v) is 5.75. The first-order chi connectivity index (χ1) is 15.5.